The van der Waals surface area contributed by atoms with E-state index in [0.717, 1.165) is 5.56 Å². The van der Waals surface area contributed by atoms with Crippen molar-refractivity contribution in [2.45, 2.75) is 58.5 Å². The van der Waals surface area contributed by atoms with Gasteiger partial charge < -0.3 is 24.8 Å². The van der Waals surface area contributed by atoms with Crippen LogP contribution in [0.2, 0.25) is 5.02 Å². The number of ether oxygens (including phenoxy) is 3. The third kappa shape index (κ3) is 7.17. The molecule has 29 heavy (non-hydrogen) atoms. The summed E-state index contributed by atoms with van der Waals surface area (Å²) < 4.78 is 17.0. The molecule has 0 spiro atoms. The first-order valence-electron chi connectivity index (χ1n) is 9.82. The van der Waals surface area contributed by atoms with Crippen LogP contribution in [0.5, 0.6) is 0 Å². The van der Waals surface area contributed by atoms with Crippen molar-refractivity contribution >= 4 is 23.6 Å². The quantitative estimate of drug-likeness (QED) is 0.695. The van der Waals surface area contributed by atoms with Crippen LogP contribution in [0.1, 0.15) is 46.6 Å². The molecule has 1 aromatic carbocycles. The second kappa shape index (κ2) is 9.78. The van der Waals surface area contributed by atoms with Crippen molar-refractivity contribution in [2.75, 3.05) is 19.8 Å². The Morgan fingerprint density at radius 1 is 1.17 bits per heavy atom. The summed E-state index contributed by atoms with van der Waals surface area (Å²) in [5.74, 6) is -1.20. The third-order valence-corrected chi connectivity index (χ3v) is 4.50. The zero-order chi connectivity index (χ0) is 21.7. The highest BCUT2D eigenvalue weighted by Crippen LogP contribution is 2.31. The van der Waals surface area contributed by atoms with Gasteiger partial charge in [-0.15, -0.1) is 0 Å². The molecule has 1 aliphatic heterocycles. The Bertz CT molecular complexity index is 694. The molecule has 8 heteroatoms. The Morgan fingerprint density at radius 3 is 2.28 bits per heavy atom. The molecule has 1 unspecified atom stereocenters. The number of nitrogens with one attached hydrogen (secondary N) is 2. The first kappa shape index (κ1) is 23.4. The number of halogens is 1. The van der Waals surface area contributed by atoms with Crippen molar-refractivity contribution in [2.24, 2.45) is 5.92 Å². The minimum atomic E-state index is -1.07. The SMILES string of the molecule is CC(C)CC(NC(=O)OC(C)(C)C)C(=O)NCC1(c2ccc(Cl)cc2)OCCO1. The van der Waals surface area contributed by atoms with Crippen LogP contribution in [-0.4, -0.2) is 43.4 Å². The number of carbonyl (C=O) groups excluding carboxylic acids is 2. The smallest absolute Gasteiger partial charge is 0.408 e. The maximum Gasteiger partial charge on any atom is 0.408 e. The van der Waals surface area contributed by atoms with Gasteiger partial charge in [-0.05, 0) is 45.2 Å². The fraction of sp³-hybridized carbons (Fsp3) is 0.619. The van der Waals surface area contributed by atoms with Gasteiger partial charge >= 0.3 is 6.09 Å². The van der Waals surface area contributed by atoms with Gasteiger partial charge in [0.15, 0.2) is 0 Å². The number of carbonyl (C=O) groups is 2. The normalized spacial score (nSPS) is 17.1. The third-order valence-electron chi connectivity index (χ3n) is 4.25. The van der Waals surface area contributed by atoms with Gasteiger partial charge in [-0.2, -0.15) is 0 Å². The number of hydrogen-bond acceptors (Lipinski definition) is 5. The largest absolute Gasteiger partial charge is 0.444 e. The van der Waals surface area contributed by atoms with Crippen LogP contribution in [-0.2, 0) is 24.8 Å². The zero-order valence-corrected chi connectivity index (χ0v) is 18.5. The van der Waals surface area contributed by atoms with E-state index in [1.54, 1.807) is 32.9 Å². The minimum absolute atomic E-state index is 0.109. The molecule has 1 heterocycles. The number of alkyl carbamates (subject to hydrolysis) is 1. The van der Waals surface area contributed by atoms with Gasteiger partial charge in [0.2, 0.25) is 11.7 Å². The first-order valence-corrected chi connectivity index (χ1v) is 10.2. The van der Waals surface area contributed by atoms with Gasteiger partial charge in [-0.1, -0.05) is 37.6 Å². The number of benzene rings is 1. The summed E-state index contributed by atoms with van der Waals surface area (Å²) in [6.07, 6.45) is -0.153. The molecule has 0 bridgehead atoms. The Hall–Kier alpha value is -1.83. The van der Waals surface area contributed by atoms with Crippen molar-refractivity contribution in [3.63, 3.8) is 0 Å². The maximum atomic E-state index is 12.9. The second-order valence-corrected chi connectivity index (χ2v) is 8.94. The molecule has 2 rings (SSSR count). The molecule has 7 nitrogen and oxygen atoms in total. The summed E-state index contributed by atoms with van der Waals surface area (Å²) in [5, 5.41) is 6.13. The minimum Gasteiger partial charge on any atom is -0.444 e. The molecule has 1 aliphatic rings. The molecule has 1 atom stereocenters. The lowest BCUT2D eigenvalue weighted by molar-refractivity contribution is -0.165. The number of amides is 2. The predicted molar refractivity (Wildman–Crippen MR) is 111 cm³/mol. The van der Waals surface area contributed by atoms with Crippen molar-refractivity contribution in [1.82, 2.24) is 10.6 Å². The van der Waals surface area contributed by atoms with E-state index in [0.29, 0.717) is 24.7 Å². The highest BCUT2D eigenvalue weighted by atomic mass is 35.5. The van der Waals surface area contributed by atoms with Gasteiger partial charge in [0.1, 0.15) is 11.6 Å². The van der Waals surface area contributed by atoms with Crippen LogP contribution in [0.15, 0.2) is 24.3 Å². The average Bonchev–Trinajstić information content (AvgIpc) is 3.07. The lowest BCUT2D eigenvalue weighted by Crippen LogP contribution is -2.51. The summed E-state index contributed by atoms with van der Waals surface area (Å²) in [7, 11) is 0. The topological polar surface area (TPSA) is 85.9 Å². The van der Waals surface area contributed by atoms with Crippen molar-refractivity contribution in [3.05, 3.63) is 34.9 Å². The summed E-state index contributed by atoms with van der Waals surface area (Å²) in [5.41, 5.74) is 0.118. The van der Waals surface area contributed by atoms with Crippen LogP contribution >= 0.6 is 11.6 Å². The van der Waals surface area contributed by atoms with Crippen LogP contribution in [0.25, 0.3) is 0 Å². The van der Waals surface area contributed by atoms with E-state index in [9.17, 15) is 9.59 Å². The van der Waals surface area contributed by atoms with Crippen molar-refractivity contribution < 1.29 is 23.8 Å². The maximum absolute atomic E-state index is 12.9. The van der Waals surface area contributed by atoms with Gasteiger partial charge in [0.05, 0.1) is 19.8 Å². The standard InChI is InChI=1S/C21H31ClN2O5/c1-14(2)12-17(24-19(26)29-20(3,4)5)18(25)23-13-21(27-10-11-28-21)15-6-8-16(22)9-7-15/h6-9,14,17H,10-13H2,1-5H3,(H,23,25)(H,24,26). The molecule has 0 radical (unpaired) electrons. The van der Waals surface area contributed by atoms with E-state index in [-0.39, 0.29) is 18.4 Å². The number of hydrogen-bond donors (Lipinski definition) is 2. The molecule has 0 saturated carbocycles. The van der Waals surface area contributed by atoms with Crippen molar-refractivity contribution in [3.8, 4) is 0 Å². The van der Waals surface area contributed by atoms with E-state index in [4.69, 9.17) is 25.8 Å². The van der Waals surface area contributed by atoms with Crippen molar-refractivity contribution in [1.29, 1.82) is 0 Å². The molecular weight excluding hydrogens is 396 g/mol. The molecular formula is C21H31ClN2O5. The second-order valence-electron chi connectivity index (χ2n) is 8.50. The van der Waals surface area contributed by atoms with Crippen LogP contribution in [0, 0.1) is 5.92 Å². The van der Waals surface area contributed by atoms with Crippen LogP contribution in [0.4, 0.5) is 4.79 Å². The lowest BCUT2D eigenvalue weighted by atomic mass is 10.0. The van der Waals surface area contributed by atoms with E-state index < -0.39 is 23.5 Å². The Balaban J connectivity index is 2.06. The fourth-order valence-corrected chi connectivity index (χ4v) is 3.13. The number of rotatable bonds is 7. The molecule has 1 fully saturated rings. The molecule has 1 saturated heterocycles. The predicted octanol–water partition coefficient (Wildman–Crippen LogP) is 3.60. The highest BCUT2D eigenvalue weighted by Gasteiger charge is 2.39. The zero-order valence-electron chi connectivity index (χ0n) is 17.7. The Labute approximate surface area is 177 Å². The Kier molecular flexibility index (Phi) is 7.91. The highest BCUT2D eigenvalue weighted by molar-refractivity contribution is 6.30. The molecule has 0 aromatic heterocycles. The van der Waals surface area contributed by atoms with Gasteiger partial charge in [0.25, 0.3) is 0 Å². The molecule has 0 aliphatic carbocycles. The average molecular weight is 427 g/mol. The summed E-state index contributed by atoms with van der Waals surface area (Å²) >= 11 is 5.97. The van der Waals surface area contributed by atoms with Crippen LogP contribution < -0.4 is 10.6 Å². The van der Waals surface area contributed by atoms with Gasteiger partial charge in [-0.3, -0.25) is 4.79 Å². The monoisotopic (exact) mass is 426 g/mol. The summed E-state index contributed by atoms with van der Waals surface area (Å²) in [6.45, 7) is 10.2. The van der Waals surface area contributed by atoms with E-state index in [1.807, 2.05) is 26.0 Å². The van der Waals surface area contributed by atoms with Gasteiger partial charge in [0, 0.05) is 10.6 Å². The van der Waals surface area contributed by atoms with Crippen LogP contribution in [0.3, 0.4) is 0 Å². The van der Waals surface area contributed by atoms with Gasteiger partial charge in [-0.25, -0.2) is 4.79 Å². The molecule has 1 aromatic rings. The first-order chi connectivity index (χ1) is 13.5. The summed E-state index contributed by atoms with van der Waals surface area (Å²) in [4.78, 5) is 25.0. The van der Waals surface area contributed by atoms with E-state index in [1.165, 1.54) is 0 Å². The lowest BCUT2D eigenvalue weighted by Gasteiger charge is -2.29. The molecule has 162 valence electrons. The fourth-order valence-electron chi connectivity index (χ4n) is 3.01. The van der Waals surface area contributed by atoms with E-state index >= 15 is 0 Å². The molecule has 2 amide bonds. The van der Waals surface area contributed by atoms with E-state index in [2.05, 4.69) is 10.6 Å². The molecule has 2 N–H and O–H groups in total. The summed E-state index contributed by atoms with van der Waals surface area (Å²) in [6, 6.07) is 6.39. The Morgan fingerprint density at radius 2 is 1.76 bits per heavy atom.